The van der Waals surface area contributed by atoms with Crippen molar-refractivity contribution in [1.82, 2.24) is 16.0 Å². The van der Waals surface area contributed by atoms with Crippen molar-refractivity contribution in [3.63, 3.8) is 0 Å². The molecule has 3 amide bonds. The maximum absolute atomic E-state index is 13.0. The number of nitrogens with one attached hydrogen (secondary N) is 3. The minimum absolute atomic E-state index is 0.0538. The van der Waals surface area contributed by atoms with Crippen LogP contribution in [0.25, 0.3) is 0 Å². The Kier molecular flexibility index (Phi) is 13.2. The van der Waals surface area contributed by atoms with Crippen molar-refractivity contribution in [1.29, 1.82) is 0 Å². The van der Waals surface area contributed by atoms with Crippen LogP contribution < -0.4 is 33.2 Å². The van der Waals surface area contributed by atoms with Gasteiger partial charge in [0.15, 0.2) is 5.96 Å². The van der Waals surface area contributed by atoms with Crippen LogP contribution in [0, 0.1) is 0 Å². The molecule has 11 N–H and O–H groups in total. The van der Waals surface area contributed by atoms with Gasteiger partial charge in [-0.15, -0.1) is 0 Å². The average molecular weight is 512 g/mol. The standard InChI is InChI=1S/C21H33N7O6S/c22-13(10-29)17(30)28-16(11-35)19(32)27-15(9-12-5-2-1-3-6-12)18(31)26-14(20(33)34)7-4-8-25-21(23)24/h1-3,5-6,13-16,29,35H,4,7-11,22H2,(H,26,31)(H,27,32)(H,28,30)(H,33,34)(H4,23,24,25). The Balaban J connectivity index is 2.98. The number of hydrogen-bond donors (Lipinski definition) is 9. The van der Waals surface area contributed by atoms with Crippen molar-refractivity contribution >= 4 is 42.3 Å². The number of aliphatic hydroxyl groups excluding tert-OH is 1. The molecule has 0 aromatic heterocycles. The highest BCUT2D eigenvalue weighted by atomic mass is 32.1. The monoisotopic (exact) mass is 511 g/mol. The van der Waals surface area contributed by atoms with Gasteiger partial charge in [0.25, 0.3) is 0 Å². The minimum atomic E-state index is -1.26. The van der Waals surface area contributed by atoms with E-state index in [2.05, 4.69) is 33.6 Å². The second-order valence-electron chi connectivity index (χ2n) is 7.63. The number of nitrogens with zero attached hydrogens (tertiary/aromatic N) is 1. The minimum Gasteiger partial charge on any atom is -0.480 e. The molecule has 0 aliphatic carbocycles. The van der Waals surface area contributed by atoms with E-state index >= 15 is 0 Å². The molecule has 13 nitrogen and oxygen atoms in total. The number of amides is 3. The molecule has 0 radical (unpaired) electrons. The maximum atomic E-state index is 13.0. The van der Waals surface area contributed by atoms with Crippen LogP contribution >= 0.6 is 12.6 Å². The van der Waals surface area contributed by atoms with Crippen LogP contribution in [0.3, 0.4) is 0 Å². The molecule has 35 heavy (non-hydrogen) atoms. The van der Waals surface area contributed by atoms with Crippen LogP contribution in [0.1, 0.15) is 18.4 Å². The zero-order chi connectivity index (χ0) is 26.4. The first kappa shape index (κ1) is 29.7. The summed E-state index contributed by atoms with van der Waals surface area (Å²) in [5.41, 5.74) is 16.7. The number of guanidine groups is 1. The smallest absolute Gasteiger partial charge is 0.326 e. The first-order valence-electron chi connectivity index (χ1n) is 10.8. The van der Waals surface area contributed by atoms with E-state index in [4.69, 9.17) is 22.3 Å². The van der Waals surface area contributed by atoms with Gasteiger partial charge >= 0.3 is 5.97 Å². The molecule has 0 bridgehead atoms. The Hall–Kier alpha value is -3.36. The van der Waals surface area contributed by atoms with Gasteiger partial charge in [-0.25, -0.2) is 4.79 Å². The number of nitrogens with two attached hydrogens (primary N) is 3. The Bertz CT molecular complexity index is 882. The molecular weight excluding hydrogens is 478 g/mol. The highest BCUT2D eigenvalue weighted by molar-refractivity contribution is 7.80. The summed E-state index contributed by atoms with van der Waals surface area (Å²) in [6, 6.07) is 4.00. The van der Waals surface area contributed by atoms with E-state index in [1.54, 1.807) is 30.3 Å². The molecule has 1 aromatic carbocycles. The van der Waals surface area contributed by atoms with Crippen molar-refractivity contribution in [2.45, 2.75) is 43.4 Å². The van der Waals surface area contributed by atoms with Gasteiger partial charge in [0.05, 0.1) is 6.61 Å². The average Bonchev–Trinajstić information content (AvgIpc) is 2.83. The lowest BCUT2D eigenvalue weighted by molar-refractivity contribution is -0.142. The number of aliphatic imine (C=N–C) groups is 1. The van der Waals surface area contributed by atoms with E-state index < -0.39 is 54.5 Å². The number of aliphatic hydroxyl groups is 1. The van der Waals surface area contributed by atoms with E-state index in [0.29, 0.717) is 12.0 Å². The lowest BCUT2D eigenvalue weighted by Crippen LogP contribution is -2.58. The third-order valence-corrected chi connectivity index (χ3v) is 5.19. The molecular formula is C21H33N7O6S. The fourth-order valence-corrected chi connectivity index (χ4v) is 3.18. The largest absolute Gasteiger partial charge is 0.480 e. The summed E-state index contributed by atoms with van der Waals surface area (Å²) in [6.07, 6.45) is 0.407. The molecule has 0 aliphatic heterocycles. The van der Waals surface area contributed by atoms with Crippen LogP contribution in [0.2, 0.25) is 0 Å². The van der Waals surface area contributed by atoms with Crippen LogP contribution in [-0.4, -0.2) is 82.9 Å². The zero-order valence-corrected chi connectivity index (χ0v) is 20.0. The summed E-state index contributed by atoms with van der Waals surface area (Å²) in [5.74, 6) is -3.72. The number of carbonyl (C=O) groups is 4. The van der Waals surface area contributed by atoms with Crippen LogP contribution in [0.5, 0.6) is 0 Å². The van der Waals surface area contributed by atoms with Gasteiger partial charge in [0, 0.05) is 18.7 Å². The summed E-state index contributed by atoms with van der Waals surface area (Å²) in [7, 11) is 0. The normalized spacial score (nSPS) is 14.0. The lowest BCUT2D eigenvalue weighted by Gasteiger charge is -2.24. The fraction of sp³-hybridized carbons (Fsp3) is 0.476. The lowest BCUT2D eigenvalue weighted by atomic mass is 10.0. The fourth-order valence-electron chi connectivity index (χ4n) is 2.92. The van der Waals surface area contributed by atoms with Gasteiger partial charge in [0.1, 0.15) is 24.2 Å². The molecule has 1 rings (SSSR count). The van der Waals surface area contributed by atoms with Gasteiger partial charge in [-0.1, -0.05) is 30.3 Å². The Morgan fingerprint density at radius 3 is 2.06 bits per heavy atom. The Morgan fingerprint density at radius 2 is 1.51 bits per heavy atom. The molecule has 0 saturated heterocycles. The molecule has 1 aromatic rings. The highest BCUT2D eigenvalue weighted by Gasteiger charge is 2.29. The van der Waals surface area contributed by atoms with Gasteiger partial charge in [-0.05, 0) is 18.4 Å². The van der Waals surface area contributed by atoms with E-state index in [9.17, 15) is 24.3 Å². The second kappa shape index (κ2) is 15.5. The van der Waals surface area contributed by atoms with Crippen molar-refractivity contribution in [2.24, 2.45) is 22.2 Å². The summed E-state index contributed by atoms with van der Waals surface area (Å²) in [4.78, 5) is 53.2. The number of thiol groups is 1. The van der Waals surface area contributed by atoms with E-state index in [1.807, 2.05) is 0 Å². The van der Waals surface area contributed by atoms with E-state index in [-0.39, 0.29) is 31.1 Å². The predicted octanol–water partition coefficient (Wildman–Crippen LogP) is -2.93. The first-order valence-corrected chi connectivity index (χ1v) is 11.4. The molecule has 0 fully saturated rings. The van der Waals surface area contributed by atoms with Gasteiger partial charge in [-0.3, -0.25) is 19.4 Å². The highest BCUT2D eigenvalue weighted by Crippen LogP contribution is 2.06. The number of rotatable bonds is 15. The van der Waals surface area contributed by atoms with Gasteiger partial charge < -0.3 is 43.4 Å². The number of aliphatic carboxylic acids is 1. The maximum Gasteiger partial charge on any atom is 0.326 e. The second-order valence-corrected chi connectivity index (χ2v) is 8.00. The topological polar surface area (TPSA) is 235 Å². The van der Waals surface area contributed by atoms with Crippen molar-refractivity contribution < 1.29 is 29.4 Å². The van der Waals surface area contributed by atoms with Gasteiger partial charge in [-0.2, -0.15) is 12.6 Å². The number of carbonyl (C=O) groups excluding carboxylic acids is 3. The summed E-state index contributed by atoms with van der Waals surface area (Å²) < 4.78 is 0. The molecule has 0 spiro atoms. The Morgan fingerprint density at radius 1 is 0.943 bits per heavy atom. The van der Waals surface area contributed by atoms with Crippen molar-refractivity contribution in [3.8, 4) is 0 Å². The molecule has 0 aliphatic rings. The number of benzene rings is 1. The number of carboxylic acid groups (broad SMARTS) is 1. The van der Waals surface area contributed by atoms with Crippen molar-refractivity contribution in [3.05, 3.63) is 35.9 Å². The third kappa shape index (κ3) is 11.1. The molecule has 4 atom stereocenters. The van der Waals surface area contributed by atoms with Gasteiger partial charge in [0.2, 0.25) is 17.7 Å². The summed E-state index contributed by atoms with van der Waals surface area (Å²) >= 11 is 4.06. The molecule has 194 valence electrons. The third-order valence-electron chi connectivity index (χ3n) is 4.82. The summed E-state index contributed by atoms with van der Waals surface area (Å²) in [5, 5.41) is 25.9. The van der Waals surface area contributed by atoms with Crippen LogP contribution in [0.4, 0.5) is 0 Å². The first-order chi connectivity index (χ1) is 16.6. The van der Waals surface area contributed by atoms with Crippen molar-refractivity contribution in [2.75, 3.05) is 18.9 Å². The number of hydrogen-bond acceptors (Lipinski definition) is 8. The molecule has 0 heterocycles. The Labute approximate surface area is 208 Å². The summed E-state index contributed by atoms with van der Waals surface area (Å²) in [6.45, 7) is -0.434. The van der Waals surface area contributed by atoms with E-state index in [0.717, 1.165) is 0 Å². The molecule has 4 unspecified atom stereocenters. The quantitative estimate of drug-likeness (QED) is 0.0506. The van der Waals surface area contributed by atoms with E-state index in [1.165, 1.54) is 0 Å². The van der Waals surface area contributed by atoms with Crippen LogP contribution in [0.15, 0.2) is 35.3 Å². The SMILES string of the molecule is NC(N)=NCCCC(NC(=O)C(Cc1ccccc1)NC(=O)C(CS)NC(=O)C(N)CO)C(=O)O. The zero-order valence-electron chi connectivity index (χ0n) is 19.1. The number of carboxylic acids is 1. The molecule has 0 saturated carbocycles. The predicted molar refractivity (Wildman–Crippen MR) is 132 cm³/mol. The molecule has 14 heteroatoms. The van der Waals surface area contributed by atoms with Crippen LogP contribution in [-0.2, 0) is 25.6 Å².